The molecule has 2 aromatic carbocycles. The number of hydrogen-bond acceptors (Lipinski definition) is 6. The summed E-state index contributed by atoms with van der Waals surface area (Å²) >= 11 is 0. The third kappa shape index (κ3) is 3.90. The zero-order valence-corrected chi connectivity index (χ0v) is 17.1. The normalized spacial score (nSPS) is 15.1. The zero-order valence-electron chi connectivity index (χ0n) is 17.1. The summed E-state index contributed by atoms with van der Waals surface area (Å²) in [6.45, 7) is 4.44. The van der Waals surface area contributed by atoms with Gasteiger partial charge in [0.2, 0.25) is 11.8 Å². The lowest BCUT2D eigenvalue weighted by Crippen LogP contribution is -2.21. The maximum absolute atomic E-state index is 13.1. The number of ether oxygens (including phenoxy) is 3. The standard InChI is InChI=1S/C23H21FN4O3/c1-3-29-19-10-15(6-9-18(19)30-12-14-4-7-16(24)8-5-14)21-17(11-25)22(26)31-23-20(21)13(2)27-28-23/h4-10,21H,3,12,26H2,1-2H3,(H,27,28). The fraction of sp³-hybridized carbons (Fsp3) is 0.217. The van der Waals surface area contributed by atoms with E-state index in [9.17, 15) is 9.65 Å². The van der Waals surface area contributed by atoms with Gasteiger partial charge in [0.25, 0.3) is 0 Å². The van der Waals surface area contributed by atoms with Gasteiger partial charge in [0.05, 0.1) is 12.5 Å². The van der Waals surface area contributed by atoms with Gasteiger partial charge in [-0.15, -0.1) is 5.10 Å². The molecule has 31 heavy (non-hydrogen) atoms. The molecular weight excluding hydrogens is 399 g/mol. The molecule has 1 aromatic heterocycles. The number of nitrogens with zero attached hydrogens (tertiary/aromatic N) is 2. The van der Waals surface area contributed by atoms with Crippen LogP contribution in [0.25, 0.3) is 0 Å². The third-order valence-electron chi connectivity index (χ3n) is 5.04. The first-order chi connectivity index (χ1) is 15.0. The average Bonchev–Trinajstić information content (AvgIpc) is 3.13. The molecule has 4 rings (SSSR count). The van der Waals surface area contributed by atoms with Crippen LogP contribution in [0.3, 0.4) is 0 Å². The van der Waals surface area contributed by atoms with Gasteiger partial charge in [0.15, 0.2) is 11.5 Å². The van der Waals surface area contributed by atoms with Crippen molar-refractivity contribution in [2.24, 2.45) is 5.73 Å². The molecule has 0 aliphatic carbocycles. The number of halogens is 1. The van der Waals surface area contributed by atoms with Gasteiger partial charge < -0.3 is 19.9 Å². The maximum atomic E-state index is 13.1. The molecule has 0 bridgehead atoms. The van der Waals surface area contributed by atoms with E-state index in [1.807, 2.05) is 26.0 Å². The second-order valence-corrected chi connectivity index (χ2v) is 7.05. The van der Waals surface area contributed by atoms with Crippen LogP contribution in [0.5, 0.6) is 17.4 Å². The van der Waals surface area contributed by atoms with E-state index in [4.69, 9.17) is 19.9 Å². The number of aromatic nitrogens is 2. The first-order valence-electron chi connectivity index (χ1n) is 9.78. The highest BCUT2D eigenvalue weighted by atomic mass is 19.1. The van der Waals surface area contributed by atoms with Crippen LogP contribution in [0.1, 0.15) is 35.2 Å². The Morgan fingerprint density at radius 3 is 2.68 bits per heavy atom. The third-order valence-corrected chi connectivity index (χ3v) is 5.04. The SMILES string of the molecule is CCOc1cc(C2C(C#N)=C(N)Oc3n[nH]c(C)c32)ccc1OCc1ccc(F)cc1. The second-order valence-electron chi connectivity index (χ2n) is 7.05. The lowest BCUT2D eigenvalue weighted by Gasteiger charge is -2.24. The number of aromatic amines is 1. The number of nitrogens with one attached hydrogen (secondary N) is 1. The molecule has 7 nitrogen and oxygen atoms in total. The quantitative estimate of drug-likeness (QED) is 0.623. The Morgan fingerprint density at radius 2 is 1.97 bits per heavy atom. The van der Waals surface area contributed by atoms with Crippen molar-refractivity contribution in [2.45, 2.75) is 26.4 Å². The van der Waals surface area contributed by atoms with Crippen molar-refractivity contribution in [1.82, 2.24) is 10.2 Å². The van der Waals surface area contributed by atoms with E-state index in [2.05, 4.69) is 16.3 Å². The smallest absolute Gasteiger partial charge is 0.244 e. The summed E-state index contributed by atoms with van der Waals surface area (Å²) in [5.41, 5.74) is 9.47. The van der Waals surface area contributed by atoms with Crippen LogP contribution >= 0.6 is 0 Å². The lowest BCUT2D eigenvalue weighted by atomic mass is 9.84. The molecule has 3 aromatic rings. The van der Waals surface area contributed by atoms with Crippen LogP contribution in [0.4, 0.5) is 4.39 Å². The first kappa shape index (κ1) is 20.3. The summed E-state index contributed by atoms with van der Waals surface area (Å²) in [5.74, 6) is 0.718. The minimum atomic E-state index is -0.446. The van der Waals surface area contributed by atoms with E-state index >= 15 is 0 Å². The number of fused-ring (bicyclic) bond motifs is 1. The predicted octanol–water partition coefficient (Wildman–Crippen LogP) is 4.05. The average molecular weight is 420 g/mol. The Hall–Kier alpha value is -3.99. The first-order valence-corrected chi connectivity index (χ1v) is 9.78. The predicted molar refractivity (Wildman–Crippen MR) is 111 cm³/mol. The Bertz CT molecular complexity index is 1180. The zero-order chi connectivity index (χ0) is 22.0. The summed E-state index contributed by atoms with van der Waals surface area (Å²) in [4.78, 5) is 0. The van der Waals surface area contributed by atoms with E-state index in [1.165, 1.54) is 12.1 Å². The molecule has 3 N–H and O–H groups in total. The Balaban J connectivity index is 1.69. The van der Waals surface area contributed by atoms with Gasteiger partial charge in [-0.1, -0.05) is 18.2 Å². The molecular formula is C23H21FN4O3. The van der Waals surface area contributed by atoms with Crippen LogP contribution in [0.2, 0.25) is 0 Å². The molecule has 0 spiro atoms. The summed E-state index contributed by atoms with van der Waals surface area (Å²) in [6.07, 6.45) is 0. The Labute approximate surface area is 178 Å². The number of H-pyrrole nitrogens is 1. The molecule has 158 valence electrons. The monoisotopic (exact) mass is 420 g/mol. The molecule has 0 saturated heterocycles. The molecule has 0 amide bonds. The molecule has 0 fully saturated rings. The molecule has 0 saturated carbocycles. The Kier molecular flexibility index (Phi) is 5.50. The summed E-state index contributed by atoms with van der Waals surface area (Å²) in [6, 6.07) is 13.8. The molecule has 1 atom stereocenters. The van der Waals surface area contributed by atoms with Crippen LogP contribution in [-0.4, -0.2) is 16.8 Å². The van der Waals surface area contributed by atoms with Crippen LogP contribution < -0.4 is 19.9 Å². The van der Waals surface area contributed by atoms with Gasteiger partial charge in [-0.3, -0.25) is 5.10 Å². The van der Waals surface area contributed by atoms with Crippen molar-refractivity contribution in [3.05, 3.63) is 82.1 Å². The largest absolute Gasteiger partial charge is 0.490 e. The van der Waals surface area contributed by atoms with Gasteiger partial charge in [-0.05, 0) is 49.2 Å². The Morgan fingerprint density at radius 1 is 1.19 bits per heavy atom. The molecule has 1 aliphatic heterocycles. The molecule has 2 heterocycles. The summed E-state index contributed by atoms with van der Waals surface area (Å²) < 4.78 is 30.4. The van der Waals surface area contributed by atoms with E-state index in [-0.39, 0.29) is 18.3 Å². The summed E-state index contributed by atoms with van der Waals surface area (Å²) in [7, 11) is 0. The second kappa shape index (κ2) is 8.40. The van der Waals surface area contributed by atoms with Crippen molar-refractivity contribution >= 4 is 0 Å². The van der Waals surface area contributed by atoms with Gasteiger partial charge in [0, 0.05) is 11.3 Å². The van der Waals surface area contributed by atoms with E-state index in [1.54, 1.807) is 18.2 Å². The fourth-order valence-corrected chi connectivity index (χ4v) is 3.57. The molecule has 8 heteroatoms. The van der Waals surface area contributed by atoms with Crippen LogP contribution in [0.15, 0.2) is 53.9 Å². The summed E-state index contributed by atoms with van der Waals surface area (Å²) in [5, 5.41) is 16.8. The number of nitrogens with two attached hydrogens (primary N) is 1. The van der Waals surface area contributed by atoms with Crippen molar-refractivity contribution in [3.63, 3.8) is 0 Å². The van der Waals surface area contributed by atoms with Crippen molar-refractivity contribution in [2.75, 3.05) is 6.61 Å². The minimum Gasteiger partial charge on any atom is -0.490 e. The number of aryl methyl sites for hydroxylation is 1. The highest BCUT2D eigenvalue weighted by Crippen LogP contribution is 2.44. The van der Waals surface area contributed by atoms with Crippen LogP contribution in [0, 0.1) is 24.1 Å². The van der Waals surface area contributed by atoms with Crippen molar-refractivity contribution in [1.29, 1.82) is 5.26 Å². The fourth-order valence-electron chi connectivity index (χ4n) is 3.57. The lowest BCUT2D eigenvalue weighted by molar-refractivity contribution is 0.269. The van der Waals surface area contributed by atoms with E-state index in [0.717, 1.165) is 22.4 Å². The highest BCUT2D eigenvalue weighted by Gasteiger charge is 2.34. The maximum Gasteiger partial charge on any atom is 0.244 e. The van der Waals surface area contributed by atoms with Gasteiger partial charge >= 0.3 is 0 Å². The van der Waals surface area contributed by atoms with Crippen LogP contribution in [-0.2, 0) is 6.61 Å². The number of allylic oxidation sites excluding steroid dienone is 1. The van der Waals surface area contributed by atoms with Gasteiger partial charge in [-0.25, -0.2) is 4.39 Å². The number of benzene rings is 2. The van der Waals surface area contributed by atoms with Crippen molar-refractivity contribution in [3.8, 4) is 23.4 Å². The number of rotatable bonds is 6. The molecule has 1 aliphatic rings. The number of nitriles is 1. The topological polar surface area (TPSA) is 106 Å². The van der Waals surface area contributed by atoms with E-state index < -0.39 is 5.92 Å². The minimum absolute atomic E-state index is 0.0288. The molecule has 0 radical (unpaired) electrons. The highest BCUT2D eigenvalue weighted by molar-refractivity contribution is 5.57. The van der Waals surface area contributed by atoms with Gasteiger partial charge in [-0.2, -0.15) is 5.26 Å². The molecule has 1 unspecified atom stereocenters. The van der Waals surface area contributed by atoms with Crippen molar-refractivity contribution < 1.29 is 18.6 Å². The van der Waals surface area contributed by atoms with E-state index in [0.29, 0.717) is 29.6 Å². The van der Waals surface area contributed by atoms with Gasteiger partial charge in [0.1, 0.15) is 24.1 Å². The number of hydrogen-bond donors (Lipinski definition) is 2.